The number of carboxylic acid groups (broad SMARTS) is 1. The summed E-state index contributed by atoms with van der Waals surface area (Å²) in [6.45, 7) is 2.88. The summed E-state index contributed by atoms with van der Waals surface area (Å²) in [4.78, 5) is 26.7. The van der Waals surface area contributed by atoms with Crippen LogP contribution in [0, 0.1) is 11.8 Å². The highest BCUT2D eigenvalue weighted by atomic mass is 16.4. The number of carboxylic acids is 1. The maximum absolute atomic E-state index is 12.0. The summed E-state index contributed by atoms with van der Waals surface area (Å²) in [6, 6.07) is 4.46. The zero-order valence-electron chi connectivity index (χ0n) is 12.3. The second kappa shape index (κ2) is 7.20. The van der Waals surface area contributed by atoms with Gasteiger partial charge in [0, 0.05) is 6.54 Å². The Morgan fingerprint density at radius 1 is 1.19 bits per heavy atom. The third kappa shape index (κ3) is 4.28. The molecular formula is C16H22N2O3. The van der Waals surface area contributed by atoms with Crippen molar-refractivity contribution in [2.24, 2.45) is 11.8 Å². The molecular weight excluding hydrogens is 268 g/mol. The molecule has 0 atom stereocenters. The minimum atomic E-state index is -1.12. The molecule has 5 heteroatoms. The first-order valence-corrected chi connectivity index (χ1v) is 7.58. The van der Waals surface area contributed by atoms with Gasteiger partial charge in [-0.05, 0) is 36.8 Å². The van der Waals surface area contributed by atoms with Crippen molar-refractivity contribution in [1.82, 2.24) is 10.3 Å². The van der Waals surface area contributed by atoms with Crippen LogP contribution in [0.3, 0.4) is 0 Å². The van der Waals surface area contributed by atoms with Crippen molar-refractivity contribution in [2.75, 3.05) is 6.54 Å². The molecule has 0 bridgehead atoms. The summed E-state index contributed by atoms with van der Waals surface area (Å²) in [7, 11) is 0. The molecule has 5 nitrogen and oxygen atoms in total. The monoisotopic (exact) mass is 290 g/mol. The smallest absolute Gasteiger partial charge is 0.354 e. The number of hydrogen-bond acceptors (Lipinski definition) is 3. The van der Waals surface area contributed by atoms with Crippen molar-refractivity contribution in [3.8, 4) is 0 Å². The van der Waals surface area contributed by atoms with Gasteiger partial charge in [-0.3, -0.25) is 4.79 Å². The molecule has 1 aliphatic rings. The van der Waals surface area contributed by atoms with Gasteiger partial charge in [-0.1, -0.05) is 32.3 Å². The third-order valence-electron chi connectivity index (χ3n) is 4.30. The predicted octanol–water partition coefficient (Wildman–Crippen LogP) is 2.73. The van der Waals surface area contributed by atoms with Crippen molar-refractivity contribution < 1.29 is 14.7 Å². The number of nitrogens with zero attached hydrogens (tertiary/aromatic N) is 1. The van der Waals surface area contributed by atoms with Crippen molar-refractivity contribution in [3.05, 3.63) is 29.6 Å². The Morgan fingerprint density at radius 2 is 1.81 bits per heavy atom. The number of amides is 1. The number of nitrogens with one attached hydrogen (secondary N) is 1. The van der Waals surface area contributed by atoms with Crippen LogP contribution >= 0.6 is 0 Å². The number of carbonyl (C=O) groups excluding carboxylic acids is 1. The van der Waals surface area contributed by atoms with E-state index in [0.29, 0.717) is 12.5 Å². The average molecular weight is 290 g/mol. The van der Waals surface area contributed by atoms with Crippen LogP contribution in [-0.2, 0) is 0 Å². The largest absolute Gasteiger partial charge is 0.477 e. The Morgan fingerprint density at radius 3 is 2.43 bits per heavy atom. The Bertz CT molecular complexity index is 508. The fourth-order valence-corrected chi connectivity index (χ4v) is 2.85. The molecule has 0 aliphatic heterocycles. The molecule has 1 aromatic heterocycles. The minimum absolute atomic E-state index is 0.105. The van der Waals surface area contributed by atoms with Crippen molar-refractivity contribution in [3.63, 3.8) is 0 Å². The van der Waals surface area contributed by atoms with Gasteiger partial charge in [0.25, 0.3) is 5.91 Å². The van der Waals surface area contributed by atoms with Gasteiger partial charge >= 0.3 is 5.97 Å². The highest BCUT2D eigenvalue weighted by Crippen LogP contribution is 2.30. The first-order chi connectivity index (χ1) is 10.1. The molecule has 1 saturated carbocycles. The lowest BCUT2D eigenvalue weighted by molar-refractivity contribution is 0.0690. The Labute approximate surface area is 124 Å². The van der Waals surface area contributed by atoms with Crippen LogP contribution in [0.2, 0.25) is 0 Å². The third-order valence-corrected chi connectivity index (χ3v) is 4.30. The van der Waals surface area contributed by atoms with Crippen molar-refractivity contribution in [1.29, 1.82) is 0 Å². The van der Waals surface area contributed by atoms with E-state index >= 15 is 0 Å². The van der Waals surface area contributed by atoms with Gasteiger partial charge in [0.2, 0.25) is 0 Å². The average Bonchev–Trinajstić information content (AvgIpc) is 2.53. The first kappa shape index (κ1) is 15.5. The highest BCUT2D eigenvalue weighted by Gasteiger charge is 2.20. The van der Waals surface area contributed by atoms with Gasteiger partial charge in [-0.2, -0.15) is 0 Å². The lowest BCUT2D eigenvalue weighted by atomic mass is 9.81. The van der Waals surface area contributed by atoms with Gasteiger partial charge in [-0.15, -0.1) is 0 Å². The maximum Gasteiger partial charge on any atom is 0.354 e. The molecule has 2 rings (SSSR count). The van der Waals surface area contributed by atoms with Crippen LogP contribution in [0.15, 0.2) is 18.2 Å². The lowest BCUT2D eigenvalue weighted by Crippen LogP contribution is -2.32. The van der Waals surface area contributed by atoms with E-state index in [2.05, 4.69) is 17.2 Å². The molecule has 1 amide bonds. The molecule has 0 unspecified atom stereocenters. The van der Waals surface area contributed by atoms with Gasteiger partial charge < -0.3 is 10.4 Å². The summed E-state index contributed by atoms with van der Waals surface area (Å²) >= 11 is 0. The van der Waals surface area contributed by atoms with Crippen LogP contribution in [0.1, 0.15) is 60.0 Å². The Hall–Kier alpha value is -1.91. The molecule has 1 aliphatic carbocycles. The molecule has 0 spiro atoms. The number of rotatable bonds is 5. The molecule has 1 heterocycles. The number of aromatic carboxylic acids is 1. The van der Waals surface area contributed by atoms with Crippen LogP contribution in [0.25, 0.3) is 0 Å². The molecule has 114 valence electrons. The molecule has 0 aromatic carbocycles. The maximum atomic E-state index is 12.0. The quantitative estimate of drug-likeness (QED) is 0.874. The molecule has 21 heavy (non-hydrogen) atoms. The van der Waals surface area contributed by atoms with E-state index in [1.807, 2.05) is 0 Å². The van der Waals surface area contributed by atoms with Crippen molar-refractivity contribution >= 4 is 11.9 Å². The predicted molar refractivity (Wildman–Crippen MR) is 79.3 cm³/mol. The van der Waals surface area contributed by atoms with Gasteiger partial charge in [-0.25, -0.2) is 9.78 Å². The molecule has 2 N–H and O–H groups in total. The second-order valence-corrected chi connectivity index (χ2v) is 5.72. The van der Waals surface area contributed by atoms with Crippen LogP contribution in [0.4, 0.5) is 0 Å². The van der Waals surface area contributed by atoms with Gasteiger partial charge in [0.05, 0.1) is 0 Å². The van der Waals surface area contributed by atoms with Crippen LogP contribution in [-0.4, -0.2) is 28.5 Å². The van der Waals surface area contributed by atoms with E-state index in [1.165, 1.54) is 37.5 Å². The number of carbonyl (C=O) groups is 2. The Kier molecular flexibility index (Phi) is 5.31. The standard InChI is InChI=1S/C16H22N2O3/c1-2-11-6-8-12(9-7-11)10-17-15(19)13-4-3-5-14(18-13)16(20)21/h3-5,11-12H,2,6-10H2,1H3,(H,17,19)(H,20,21). The summed E-state index contributed by atoms with van der Waals surface area (Å²) in [5.41, 5.74) is 0.0586. The van der Waals surface area contributed by atoms with Crippen LogP contribution < -0.4 is 5.32 Å². The second-order valence-electron chi connectivity index (χ2n) is 5.72. The summed E-state index contributed by atoms with van der Waals surface area (Å²) < 4.78 is 0. The van der Waals surface area contributed by atoms with Gasteiger partial charge in [0.1, 0.15) is 11.4 Å². The van der Waals surface area contributed by atoms with Crippen LogP contribution in [0.5, 0.6) is 0 Å². The van der Waals surface area contributed by atoms with E-state index in [-0.39, 0.29) is 17.3 Å². The molecule has 0 radical (unpaired) electrons. The SMILES string of the molecule is CCC1CCC(CNC(=O)c2cccc(C(=O)O)n2)CC1. The first-order valence-electron chi connectivity index (χ1n) is 7.58. The van der Waals surface area contributed by atoms with E-state index in [4.69, 9.17) is 5.11 Å². The Balaban J connectivity index is 1.85. The summed E-state index contributed by atoms with van der Waals surface area (Å²) in [6.07, 6.45) is 6.03. The summed E-state index contributed by atoms with van der Waals surface area (Å²) in [5, 5.41) is 11.8. The highest BCUT2D eigenvalue weighted by molar-refractivity contribution is 5.94. The lowest BCUT2D eigenvalue weighted by Gasteiger charge is -2.27. The molecule has 0 saturated heterocycles. The van der Waals surface area contributed by atoms with E-state index in [1.54, 1.807) is 0 Å². The fraction of sp³-hybridized carbons (Fsp3) is 0.562. The van der Waals surface area contributed by atoms with Crippen molar-refractivity contribution in [2.45, 2.75) is 39.0 Å². The minimum Gasteiger partial charge on any atom is -0.477 e. The van der Waals surface area contributed by atoms with E-state index in [0.717, 1.165) is 18.8 Å². The zero-order chi connectivity index (χ0) is 15.2. The normalized spacial score (nSPS) is 21.8. The van der Waals surface area contributed by atoms with E-state index < -0.39 is 5.97 Å². The molecule has 1 fully saturated rings. The number of hydrogen-bond donors (Lipinski definition) is 2. The topological polar surface area (TPSA) is 79.3 Å². The summed E-state index contributed by atoms with van der Waals surface area (Å²) in [5.74, 6) is -0.0523. The number of aromatic nitrogens is 1. The van der Waals surface area contributed by atoms with E-state index in [9.17, 15) is 9.59 Å². The molecule has 1 aromatic rings. The number of pyridine rings is 1. The zero-order valence-corrected chi connectivity index (χ0v) is 12.3. The fourth-order valence-electron chi connectivity index (χ4n) is 2.85. The van der Waals surface area contributed by atoms with Gasteiger partial charge in [0.15, 0.2) is 0 Å².